The molecule has 6 aromatic rings. The van der Waals surface area contributed by atoms with E-state index in [4.69, 9.17) is 0 Å². The fourth-order valence-corrected chi connectivity index (χ4v) is 7.61. The maximum Gasteiger partial charge on any atom is 1.00 e. The number of benzene rings is 2. The van der Waals surface area contributed by atoms with Crippen LogP contribution in [0.25, 0.3) is 33.8 Å². The minimum atomic E-state index is -0.307. The first kappa shape index (κ1) is 45.8. The quantitative estimate of drug-likeness (QED) is 0.190. The van der Waals surface area contributed by atoms with Crippen molar-refractivity contribution < 1.29 is 76.0 Å². The van der Waals surface area contributed by atoms with E-state index in [-0.39, 0.29) is 106 Å². The van der Waals surface area contributed by atoms with Crippen molar-refractivity contribution in [2.24, 2.45) is 0 Å². The van der Waals surface area contributed by atoms with Gasteiger partial charge >= 0.3 is 51.4 Å². The Kier molecular flexibility index (Phi) is 14.7. The molecule has 2 fully saturated rings. The van der Waals surface area contributed by atoms with Gasteiger partial charge in [-0.2, -0.15) is 10.2 Å². The van der Waals surface area contributed by atoms with E-state index in [1.807, 2.05) is 24.0 Å². The molecule has 61 heavy (non-hydrogen) atoms. The van der Waals surface area contributed by atoms with Crippen LogP contribution in [0.3, 0.4) is 0 Å². The molecule has 1 N–H and O–H groups in total. The normalized spacial score (nSPS) is 16.7. The SMILES string of the molecule is C=CC(=O)N1CCN(C(=O)c2cn3nc(-c4ccc(F)cc4)cc(C(C)C)c3n2)C[C@@H]1C.CC(C)c1cc(-c2ccc(F)cc2)nn2cc(C(=O)N3CCN[C@@H](C)C3)nc12.[H-].[K+]. The summed E-state index contributed by atoms with van der Waals surface area (Å²) in [4.78, 5) is 52.6. The first-order chi connectivity index (χ1) is 28.7. The van der Waals surface area contributed by atoms with E-state index in [1.54, 1.807) is 55.5 Å². The summed E-state index contributed by atoms with van der Waals surface area (Å²) in [5.41, 5.74) is 7.00. The first-order valence-electron chi connectivity index (χ1n) is 20.3. The molecule has 2 aromatic carbocycles. The summed E-state index contributed by atoms with van der Waals surface area (Å²) in [6.07, 6.45) is 4.64. The van der Waals surface area contributed by atoms with E-state index in [0.717, 1.165) is 34.5 Å². The van der Waals surface area contributed by atoms with Gasteiger partial charge in [0.1, 0.15) is 23.0 Å². The standard InChI is InChI=1S/C24H26FN5O2.C21H24FN5O.K.H/c1-5-22(31)29-11-10-28(13-16(29)4)24(32)21-14-30-23(26-21)19(15(2)3)12-20(27-30)17-6-8-18(25)9-7-17;1-13(2)17-10-18(15-4-6-16(22)7-5-15)25-27-12-19(24-20(17)27)21(28)26-9-8-23-14(3)11-26;;/h5-9,12,14-16H,1,10-11,13H2,2-4H3;4-7,10,12-14,23H,8-9,11H2,1-3H3;;/q;;+1;-1/t16-;14-;;/m00../s1. The number of nitrogens with zero attached hydrogens (tertiary/aromatic N) is 9. The van der Waals surface area contributed by atoms with Crippen LogP contribution in [0.2, 0.25) is 0 Å². The molecule has 2 atom stereocenters. The molecule has 13 nitrogen and oxygen atoms in total. The summed E-state index contributed by atoms with van der Waals surface area (Å²) < 4.78 is 29.9. The molecule has 4 aromatic heterocycles. The molecule has 314 valence electrons. The van der Waals surface area contributed by atoms with Gasteiger partial charge in [0.05, 0.1) is 23.8 Å². The molecule has 0 saturated carbocycles. The number of rotatable bonds is 7. The van der Waals surface area contributed by atoms with E-state index in [0.29, 0.717) is 61.1 Å². The van der Waals surface area contributed by atoms with Crippen molar-refractivity contribution in [3.63, 3.8) is 0 Å². The number of hydrogen-bond acceptors (Lipinski definition) is 8. The van der Waals surface area contributed by atoms with Gasteiger partial charge in [-0.15, -0.1) is 0 Å². The number of halogens is 2. The molecule has 3 amide bonds. The Hall–Kier alpha value is -4.71. The zero-order chi connectivity index (χ0) is 42.8. The number of aromatic nitrogens is 6. The number of carbonyl (C=O) groups is 3. The van der Waals surface area contributed by atoms with Gasteiger partial charge < -0.3 is 21.4 Å². The Morgan fingerprint density at radius 1 is 0.738 bits per heavy atom. The Morgan fingerprint density at radius 2 is 1.20 bits per heavy atom. The third-order valence-electron chi connectivity index (χ3n) is 10.9. The van der Waals surface area contributed by atoms with Crippen LogP contribution in [0.5, 0.6) is 0 Å². The van der Waals surface area contributed by atoms with Gasteiger partial charge in [-0.05, 0) is 92.4 Å². The molecule has 2 aliphatic rings. The fraction of sp³-hybridized carbons (Fsp3) is 0.356. The van der Waals surface area contributed by atoms with Crippen LogP contribution < -0.4 is 56.7 Å². The number of piperazine rings is 2. The van der Waals surface area contributed by atoms with E-state index in [1.165, 1.54) is 30.3 Å². The molecule has 8 rings (SSSR count). The zero-order valence-electron chi connectivity index (χ0n) is 36.8. The van der Waals surface area contributed by atoms with Gasteiger partial charge in [0.15, 0.2) is 11.3 Å². The van der Waals surface area contributed by atoms with Gasteiger partial charge in [-0.3, -0.25) is 14.4 Å². The summed E-state index contributed by atoms with van der Waals surface area (Å²) in [5.74, 6) is -0.625. The summed E-state index contributed by atoms with van der Waals surface area (Å²) in [7, 11) is 0. The van der Waals surface area contributed by atoms with Gasteiger partial charge in [0.25, 0.3) is 11.8 Å². The minimum Gasteiger partial charge on any atom is -1.00 e. The Morgan fingerprint density at radius 3 is 1.61 bits per heavy atom. The number of carbonyl (C=O) groups excluding carboxylic acids is 3. The Bertz CT molecular complexity index is 2560. The average Bonchev–Trinajstić information content (AvgIpc) is 3.88. The van der Waals surface area contributed by atoms with Gasteiger partial charge in [0, 0.05) is 73.6 Å². The van der Waals surface area contributed by atoms with Crippen molar-refractivity contribution in [2.75, 3.05) is 39.3 Å². The number of imidazole rings is 2. The van der Waals surface area contributed by atoms with Crippen molar-refractivity contribution >= 4 is 29.0 Å². The predicted octanol–water partition coefficient (Wildman–Crippen LogP) is 3.73. The maximum atomic E-state index is 13.3. The molecule has 0 bridgehead atoms. The van der Waals surface area contributed by atoms with Crippen LogP contribution in [0.1, 0.15) is 86.9 Å². The molecule has 2 aliphatic heterocycles. The fourth-order valence-electron chi connectivity index (χ4n) is 7.61. The third-order valence-corrected chi connectivity index (χ3v) is 10.9. The molecule has 0 aliphatic carbocycles. The second-order valence-electron chi connectivity index (χ2n) is 16.0. The van der Waals surface area contributed by atoms with E-state index in [2.05, 4.69) is 66.7 Å². The Labute approximate surface area is 398 Å². The molecular formula is C45H51F2KN10O3. The summed E-state index contributed by atoms with van der Waals surface area (Å²) in [6.45, 7) is 19.2. The summed E-state index contributed by atoms with van der Waals surface area (Å²) >= 11 is 0. The molecule has 16 heteroatoms. The second kappa shape index (κ2) is 19.6. The van der Waals surface area contributed by atoms with Crippen LogP contribution >= 0.6 is 0 Å². The number of nitrogens with one attached hydrogen (secondary N) is 1. The predicted molar refractivity (Wildman–Crippen MR) is 227 cm³/mol. The van der Waals surface area contributed by atoms with Crippen molar-refractivity contribution in [1.82, 2.24) is 49.2 Å². The molecule has 0 spiro atoms. The molecule has 6 heterocycles. The molecule has 0 radical (unpaired) electrons. The second-order valence-corrected chi connectivity index (χ2v) is 16.0. The van der Waals surface area contributed by atoms with E-state index >= 15 is 0 Å². The molecule has 2 saturated heterocycles. The van der Waals surface area contributed by atoms with Crippen LogP contribution in [-0.2, 0) is 4.79 Å². The minimum absolute atomic E-state index is 0. The monoisotopic (exact) mass is 856 g/mol. The smallest absolute Gasteiger partial charge is 1.00 e. The summed E-state index contributed by atoms with van der Waals surface area (Å²) in [5, 5.41) is 12.6. The number of hydrogen-bond donors (Lipinski definition) is 1. The van der Waals surface area contributed by atoms with Crippen molar-refractivity contribution in [3.8, 4) is 22.5 Å². The first-order valence-corrected chi connectivity index (χ1v) is 20.3. The van der Waals surface area contributed by atoms with E-state index in [9.17, 15) is 23.2 Å². The Balaban J connectivity index is 0.000000229. The summed E-state index contributed by atoms with van der Waals surface area (Å²) in [6, 6.07) is 16.5. The van der Waals surface area contributed by atoms with Crippen LogP contribution in [0.15, 0.2) is 85.7 Å². The van der Waals surface area contributed by atoms with Crippen molar-refractivity contribution in [3.05, 3.63) is 120 Å². The van der Waals surface area contributed by atoms with Gasteiger partial charge in [0.2, 0.25) is 5.91 Å². The molecular weight excluding hydrogens is 806 g/mol. The topological polar surface area (TPSA) is 133 Å². The average molecular weight is 857 g/mol. The number of fused-ring (bicyclic) bond motifs is 2. The van der Waals surface area contributed by atoms with Gasteiger partial charge in [-0.1, -0.05) is 34.3 Å². The van der Waals surface area contributed by atoms with Crippen LogP contribution in [-0.4, -0.2) is 113 Å². The molecule has 0 unspecified atom stereocenters. The maximum absolute atomic E-state index is 13.3. The van der Waals surface area contributed by atoms with Crippen LogP contribution in [0, 0.1) is 11.6 Å². The largest absolute Gasteiger partial charge is 1.00 e. The third kappa shape index (κ3) is 10.2. The van der Waals surface area contributed by atoms with Crippen molar-refractivity contribution in [2.45, 2.75) is 65.5 Å². The van der Waals surface area contributed by atoms with Crippen LogP contribution in [0.4, 0.5) is 8.78 Å². The van der Waals surface area contributed by atoms with Gasteiger partial charge in [-0.25, -0.2) is 27.8 Å². The number of amides is 3. The zero-order valence-corrected chi connectivity index (χ0v) is 38.9. The van der Waals surface area contributed by atoms with Crippen molar-refractivity contribution in [1.29, 1.82) is 0 Å². The van der Waals surface area contributed by atoms with E-state index < -0.39 is 0 Å².